The molecule has 0 heterocycles. The average Bonchev–Trinajstić information content (AvgIpc) is 2.64. The zero-order valence-electron chi connectivity index (χ0n) is 14.4. The van der Waals surface area contributed by atoms with Crippen LogP contribution in [0.25, 0.3) is 0 Å². The molecular formula is C22H20Br2F2. The van der Waals surface area contributed by atoms with E-state index in [2.05, 4.69) is 43.7 Å². The zero-order chi connectivity index (χ0) is 18.8. The SMILES string of the molecule is Fc1ccc(C/C(C#CCCBr)=C(\CCBr)Cc2ccc(F)cc2)cc1. The number of rotatable bonds is 7. The Labute approximate surface area is 171 Å². The van der Waals surface area contributed by atoms with Crippen molar-refractivity contribution in [2.24, 2.45) is 0 Å². The molecule has 0 aromatic heterocycles. The second kappa shape index (κ2) is 11.3. The molecule has 0 saturated carbocycles. The second-order valence-electron chi connectivity index (χ2n) is 5.87. The van der Waals surface area contributed by atoms with Crippen LogP contribution < -0.4 is 0 Å². The summed E-state index contributed by atoms with van der Waals surface area (Å²) in [7, 11) is 0. The molecule has 26 heavy (non-hydrogen) atoms. The van der Waals surface area contributed by atoms with Gasteiger partial charge in [0.25, 0.3) is 0 Å². The van der Waals surface area contributed by atoms with Crippen molar-refractivity contribution in [3.63, 3.8) is 0 Å². The lowest BCUT2D eigenvalue weighted by Crippen LogP contribution is -2.01. The topological polar surface area (TPSA) is 0 Å². The maximum absolute atomic E-state index is 13.2. The zero-order valence-corrected chi connectivity index (χ0v) is 17.5. The highest BCUT2D eigenvalue weighted by Crippen LogP contribution is 2.21. The Bertz CT molecular complexity index is 782. The standard InChI is InChI=1S/C22H20Br2F2/c23-13-2-1-3-19(15-17-4-8-21(25)9-5-17)20(12-14-24)16-18-6-10-22(26)11-7-18/h4-11H,2,12-16H2/b20-19+. The van der Waals surface area contributed by atoms with E-state index in [1.165, 1.54) is 29.8 Å². The van der Waals surface area contributed by atoms with Crippen LogP contribution in [0.1, 0.15) is 24.0 Å². The van der Waals surface area contributed by atoms with Gasteiger partial charge in [-0.2, -0.15) is 0 Å². The van der Waals surface area contributed by atoms with E-state index >= 15 is 0 Å². The molecule has 0 amide bonds. The van der Waals surface area contributed by atoms with Gasteiger partial charge in [0, 0.05) is 29.1 Å². The Morgan fingerprint density at radius 3 is 1.81 bits per heavy atom. The Balaban J connectivity index is 2.35. The van der Waals surface area contributed by atoms with Gasteiger partial charge in [-0.05, 0) is 48.2 Å². The molecule has 0 aliphatic carbocycles. The highest BCUT2D eigenvalue weighted by Gasteiger charge is 2.08. The molecule has 0 fully saturated rings. The lowest BCUT2D eigenvalue weighted by molar-refractivity contribution is 0.626. The minimum Gasteiger partial charge on any atom is -0.207 e. The van der Waals surface area contributed by atoms with Gasteiger partial charge in [-0.15, -0.1) is 0 Å². The molecule has 0 radical (unpaired) electrons. The summed E-state index contributed by atoms with van der Waals surface area (Å²) < 4.78 is 26.4. The van der Waals surface area contributed by atoms with Gasteiger partial charge in [0.05, 0.1) is 0 Å². The summed E-state index contributed by atoms with van der Waals surface area (Å²) in [6, 6.07) is 13.1. The van der Waals surface area contributed by atoms with Crippen molar-refractivity contribution in [1.29, 1.82) is 0 Å². The Morgan fingerprint density at radius 2 is 1.31 bits per heavy atom. The van der Waals surface area contributed by atoms with E-state index in [-0.39, 0.29) is 11.6 Å². The van der Waals surface area contributed by atoms with E-state index in [4.69, 9.17) is 0 Å². The molecule has 0 atom stereocenters. The van der Waals surface area contributed by atoms with Gasteiger partial charge in [-0.25, -0.2) is 8.78 Å². The molecule has 136 valence electrons. The first kappa shape index (κ1) is 20.9. The molecule has 2 rings (SSSR count). The number of hydrogen-bond donors (Lipinski definition) is 0. The maximum Gasteiger partial charge on any atom is 0.123 e. The van der Waals surface area contributed by atoms with E-state index in [0.717, 1.165) is 46.6 Å². The molecule has 0 nitrogen and oxygen atoms in total. The van der Waals surface area contributed by atoms with Crippen molar-refractivity contribution in [3.8, 4) is 11.8 Å². The van der Waals surface area contributed by atoms with Crippen LogP contribution in [0.15, 0.2) is 59.7 Å². The summed E-state index contributed by atoms with van der Waals surface area (Å²) in [6.07, 6.45) is 3.02. The minimum absolute atomic E-state index is 0.233. The number of hydrogen-bond acceptors (Lipinski definition) is 0. The van der Waals surface area contributed by atoms with E-state index in [1.54, 1.807) is 12.1 Å². The molecule has 2 aromatic carbocycles. The quantitative estimate of drug-likeness (QED) is 0.308. The molecule has 0 aliphatic heterocycles. The molecular weight excluding hydrogens is 462 g/mol. The van der Waals surface area contributed by atoms with Gasteiger partial charge < -0.3 is 0 Å². The number of halogens is 4. The summed E-state index contributed by atoms with van der Waals surface area (Å²) in [5.74, 6) is 6.04. The predicted molar refractivity (Wildman–Crippen MR) is 112 cm³/mol. The molecule has 0 spiro atoms. The van der Waals surface area contributed by atoms with Gasteiger partial charge in [-0.3, -0.25) is 0 Å². The summed E-state index contributed by atoms with van der Waals surface area (Å²) in [4.78, 5) is 0. The van der Waals surface area contributed by atoms with Crippen molar-refractivity contribution in [2.75, 3.05) is 10.7 Å². The highest BCUT2D eigenvalue weighted by atomic mass is 79.9. The van der Waals surface area contributed by atoms with Crippen LogP contribution >= 0.6 is 31.9 Å². The lowest BCUT2D eigenvalue weighted by atomic mass is 9.93. The van der Waals surface area contributed by atoms with E-state index in [9.17, 15) is 8.78 Å². The molecule has 0 saturated heterocycles. The maximum atomic E-state index is 13.2. The highest BCUT2D eigenvalue weighted by molar-refractivity contribution is 9.09. The van der Waals surface area contributed by atoms with Crippen molar-refractivity contribution in [1.82, 2.24) is 0 Å². The van der Waals surface area contributed by atoms with Crippen LogP contribution in [-0.2, 0) is 12.8 Å². The molecule has 0 bridgehead atoms. The van der Waals surface area contributed by atoms with Gasteiger partial charge >= 0.3 is 0 Å². The number of allylic oxidation sites excluding steroid dienone is 2. The fraction of sp³-hybridized carbons (Fsp3) is 0.273. The fourth-order valence-electron chi connectivity index (χ4n) is 2.59. The number of benzene rings is 2. The molecule has 0 unspecified atom stereocenters. The second-order valence-corrected chi connectivity index (χ2v) is 7.45. The third-order valence-corrected chi connectivity index (χ3v) is 4.70. The first-order valence-electron chi connectivity index (χ1n) is 8.43. The smallest absolute Gasteiger partial charge is 0.123 e. The largest absolute Gasteiger partial charge is 0.207 e. The van der Waals surface area contributed by atoms with Crippen molar-refractivity contribution >= 4 is 31.9 Å². The van der Waals surface area contributed by atoms with E-state index in [0.29, 0.717) is 6.42 Å². The van der Waals surface area contributed by atoms with Crippen LogP contribution in [0.5, 0.6) is 0 Å². The van der Waals surface area contributed by atoms with Crippen molar-refractivity contribution in [3.05, 3.63) is 82.4 Å². The summed E-state index contributed by atoms with van der Waals surface area (Å²) in [5, 5.41) is 1.66. The lowest BCUT2D eigenvalue weighted by Gasteiger charge is -2.12. The monoisotopic (exact) mass is 480 g/mol. The first-order valence-corrected chi connectivity index (χ1v) is 10.7. The Hall–Kier alpha value is -1.44. The van der Waals surface area contributed by atoms with Gasteiger partial charge in [0.15, 0.2) is 0 Å². The Morgan fingerprint density at radius 1 is 0.769 bits per heavy atom. The summed E-state index contributed by atoms with van der Waals surface area (Å²) in [6.45, 7) is 0. The van der Waals surface area contributed by atoms with Crippen LogP contribution in [0.2, 0.25) is 0 Å². The summed E-state index contributed by atoms with van der Waals surface area (Å²) in [5.41, 5.74) is 4.36. The summed E-state index contributed by atoms with van der Waals surface area (Å²) >= 11 is 6.92. The van der Waals surface area contributed by atoms with Gasteiger partial charge in [-0.1, -0.05) is 73.5 Å². The normalized spacial score (nSPS) is 11.5. The van der Waals surface area contributed by atoms with Crippen molar-refractivity contribution in [2.45, 2.75) is 25.7 Å². The predicted octanol–water partition coefficient (Wildman–Crippen LogP) is 6.62. The third-order valence-electron chi connectivity index (χ3n) is 3.91. The molecule has 4 heteroatoms. The minimum atomic E-state index is -0.239. The van der Waals surface area contributed by atoms with Crippen molar-refractivity contribution < 1.29 is 8.78 Å². The van der Waals surface area contributed by atoms with Crippen LogP contribution in [-0.4, -0.2) is 10.7 Å². The third kappa shape index (κ3) is 7.05. The van der Waals surface area contributed by atoms with Gasteiger partial charge in [0.2, 0.25) is 0 Å². The molecule has 0 aliphatic rings. The number of alkyl halides is 2. The Kier molecular flexibility index (Phi) is 9.08. The van der Waals surface area contributed by atoms with Crippen LogP contribution in [0.3, 0.4) is 0 Å². The molecule has 2 aromatic rings. The van der Waals surface area contributed by atoms with E-state index < -0.39 is 0 Å². The molecule has 0 N–H and O–H groups in total. The van der Waals surface area contributed by atoms with Crippen LogP contribution in [0, 0.1) is 23.5 Å². The first-order chi connectivity index (χ1) is 12.6. The van der Waals surface area contributed by atoms with Crippen LogP contribution in [0.4, 0.5) is 8.78 Å². The van der Waals surface area contributed by atoms with Gasteiger partial charge in [0.1, 0.15) is 11.6 Å². The average molecular weight is 482 g/mol. The fourth-order valence-corrected chi connectivity index (χ4v) is 3.27. The van der Waals surface area contributed by atoms with E-state index in [1.807, 2.05) is 12.1 Å².